The average molecular weight is 245 g/mol. The molecule has 0 aliphatic carbocycles. The molecule has 0 fully saturated rings. The third-order valence-corrected chi connectivity index (χ3v) is 2.19. The van der Waals surface area contributed by atoms with E-state index in [2.05, 4.69) is 25.7 Å². The first-order valence-electron chi connectivity index (χ1n) is 5.24. The number of nitrogens with one attached hydrogen (secondary N) is 1. The van der Waals surface area contributed by atoms with Gasteiger partial charge in [-0.05, 0) is 5.56 Å². The lowest BCUT2D eigenvalue weighted by atomic mass is 10.1. The molecule has 1 N–H and O–H groups in total. The van der Waals surface area contributed by atoms with Crippen molar-refractivity contribution in [1.29, 1.82) is 0 Å². The van der Waals surface area contributed by atoms with Gasteiger partial charge in [-0.3, -0.25) is 0 Å². The van der Waals surface area contributed by atoms with E-state index in [1.54, 1.807) is 0 Å². The Hall–Kier alpha value is -2.57. The highest BCUT2D eigenvalue weighted by molar-refractivity contribution is 5.66. The van der Waals surface area contributed by atoms with Crippen LogP contribution in [0.5, 0.6) is 0 Å². The highest BCUT2D eigenvalue weighted by Crippen LogP contribution is 2.14. The number of hydrogen-bond acceptors (Lipinski definition) is 6. The molecule has 1 amide bonds. The highest BCUT2D eigenvalue weighted by atomic mass is 16.5. The van der Waals surface area contributed by atoms with Gasteiger partial charge in [-0.25, -0.2) is 4.79 Å². The van der Waals surface area contributed by atoms with Crippen LogP contribution in [-0.4, -0.2) is 33.5 Å². The van der Waals surface area contributed by atoms with Crippen molar-refractivity contribution in [2.75, 3.05) is 7.05 Å². The molecule has 92 valence electrons. The Balaban J connectivity index is 2.04. The molecule has 7 nitrogen and oxygen atoms in total. The second-order valence-corrected chi connectivity index (χ2v) is 3.39. The lowest BCUT2D eigenvalue weighted by Gasteiger charge is -2.04. The number of aromatic nitrogens is 4. The number of carbonyl (C=O) groups is 1. The summed E-state index contributed by atoms with van der Waals surface area (Å²) in [6, 6.07) is 7.30. The third kappa shape index (κ3) is 2.97. The summed E-state index contributed by atoms with van der Waals surface area (Å²) in [5, 5.41) is 17.4. The molecule has 1 aromatic carbocycles. The van der Waals surface area contributed by atoms with E-state index < -0.39 is 6.09 Å². The van der Waals surface area contributed by atoms with Crippen LogP contribution < -0.4 is 5.32 Å². The van der Waals surface area contributed by atoms with Crippen LogP contribution in [0.25, 0.3) is 11.4 Å². The van der Waals surface area contributed by atoms with Crippen molar-refractivity contribution in [3.63, 3.8) is 0 Å². The van der Waals surface area contributed by atoms with Gasteiger partial charge in [0.05, 0.1) is 0 Å². The smallest absolute Gasteiger partial charge is 0.407 e. The summed E-state index contributed by atoms with van der Waals surface area (Å²) in [6.45, 7) is 0.214. The first kappa shape index (κ1) is 11.9. The Morgan fingerprint density at radius 1 is 1.22 bits per heavy atom. The minimum Gasteiger partial charge on any atom is -0.445 e. The molecule has 2 rings (SSSR count). The fraction of sp³-hybridized carbons (Fsp3) is 0.182. The number of hydrogen-bond donors (Lipinski definition) is 1. The van der Waals surface area contributed by atoms with E-state index in [0.717, 1.165) is 11.1 Å². The van der Waals surface area contributed by atoms with Gasteiger partial charge >= 0.3 is 6.09 Å². The molecule has 0 atom stereocenters. The van der Waals surface area contributed by atoms with Crippen LogP contribution >= 0.6 is 0 Å². The van der Waals surface area contributed by atoms with E-state index >= 15 is 0 Å². The van der Waals surface area contributed by atoms with Crippen LogP contribution in [0.4, 0.5) is 4.79 Å². The summed E-state index contributed by atoms with van der Waals surface area (Å²) in [5.74, 6) is 0.455. The monoisotopic (exact) mass is 245 g/mol. The zero-order valence-corrected chi connectivity index (χ0v) is 9.70. The van der Waals surface area contributed by atoms with Gasteiger partial charge in [-0.1, -0.05) is 24.3 Å². The first-order chi connectivity index (χ1) is 8.79. The Labute approximate surface area is 103 Å². The van der Waals surface area contributed by atoms with Gasteiger partial charge in [-0.15, -0.1) is 20.4 Å². The Morgan fingerprint density at radius 2 is 1.89 bits per heavy atom. The summed E-state index contributed by atoms with van der Waals surface area (Å²) in [4.78, 5) is 10.9. The van der Waals surface area contributed by atoms with Crippen molar-refractivity contribution in [3.05, 3.63) is 36.2 Å². The van der Waals surface area contributed by atoms with Crippen molar-refractivity contribution in [2.45, 2.75) is 6.61 Å². The summed E-state index contributed by atoms with van der Waals surface area (Å²) in [6.07, 6.45) is 0.814. The van der Waals surface area contributed by atoms with Crippen LogP contribution in [0.3, 0.4) is 0 Å². The number of amides is 1. The van der Waals surface area contributed by atoms with Gasteiger partial charge in [0.15, 0.2) is 6.33 Å². The van der Waals surface area contributed by atoms with Gasteiger partial charge in [0.1, 0.15) is 6.61 Å². The maximum absolute atomic E-state index is 10.9. The molecule has 2 aromatic rings. The van der Waals surface area contributed by atoms with Crippen molar-refractivity contribution in [2.24, 2.45) is 0 Å². The van der Waals surface area contributed by atoms with Crippen LogP contribution in [0.15, 0.2) is 30.6 Å². The fourth-order valence-electron chi connectivity index (χ4n) is 1.29. The largest absolute Gasteiger partial charge is 0.445 e. The minimum atomic E-state index is -0.459. The van der Waals surface area contributed by atoms with Gasteiger partial charge in [0.2, 0.25) is 5.82 Å². The number of rotatable bonds is 3. The van der Waals surface area contributed by atoms with E-state index in [4.69, 9.17) is 4.74 Å². The summed E-state index contributed by atoms with van der Waals surface area (Å²) in [7, 11) is 1.51. The number of carbonyl (C=O) groups excluding carboxylic acids is 1. The molecule has 0 saturated heterocycles. The fourth-order valence-corrected chi connectivity index (χ4v) is 1.29. The number of alkyl carbamates (subject to hydrolysis) is 1. The van der Waals surface area contributed by atoms with Gasteiger partial charge in [0, 0.05) is 12.6 Å². The predicted molar refractivity (Wildman–Crippen MR) is 62.3 cm³/mol. The number of benzene rings is 1. The van der Waals surface area contributed by atoms with Crippen molar-refractivity contribution in [3.8, 4) is 11.4 Å². The molecule has 0 saturated carbocycles. The molecule has 0 spiro atoms. The molecular formula is C11H11N5O2. The quantitative estimate of drug-likeness (QED) is 0.859. The first-order valence-corrected chi connectivity index (χ1v) is 5.24. The topological polar surface area (TPSA) is 89.9 Å². The van der Waals surface area contributed by atoms with E-state index in [1.165, 1.54) is 13.4 Å². The Bertz CT molecular complexity index is 515. The SMILES string of the molecule is CNC(=O)OCc1ccc(-c2nncnn2)cc1. The molecule has 0 radical (unpaired) electrons. The summed E-state index contributed by atoms with van der Waals surface area (Å²) >= 11 is 0. The predicted octanol–water partition coefficient (Wildman–Crippen LogP) is 0.790. The molecule has 0 bridgehead atoms. The van der Waals surface area contributed by atoms with Crippen LogP contribution in [-0.2, 0) is 11.3 Å². The molecular weight excluding hydrogens is 234 g/mol. The normalized spacial score (nSPS) is 9.83. The lowest BCUT2D eigenvalue weighted by Crippen LogP contribution is -2.18. The second-order valence-electron chi connectivity index (χ2n) is 3.39. The Morgan fingerprint density at radius 3 is 2.50 bits per heavy atom. The molecule has 7 heteroatoms. The van der Waals surface area contributed by atoms with Gasteiger partial charge in [-0.2, -0.15) is 0 Å². The van der Waals surface area contributed by atoms with Crippen LogP contribution in [0, 0.1) is 0 Å². The molecule has 0 aliphatic heterocycles. The number of ether oxygens (including phenoxy) is 1. The highest BCUT2D eigenvalue weighted by Gasteiger charge is 2.03. The standard InChI is InChI=1S/C11H11N5O2/c1-12-11(17)18-6-8-2-4-9(5-3-8)10-15-13-7-14-16-10/h2-5,7H,6H2,1H3,(H,12,17). The molecule has 0 aliphatic rings. The van der Waals surface area contributed by atoms with E-state index in [0.29, 0.717) is 5.82 Å². The van der Waals surface area contributed by atoms with Gasteiger partial charge in [0.25, 0.3) is 0 Å². The van der Waals surface area contributed by atoms with Gasteiger partial charge < -0.3 is 10.1 Å². The van der Waals surface area contributed by atoms with Crippen molar-refractivity contribution in [1.82, 2.24) is 25.7 Å². The zero-order chi connectivity index (χ0) is 12.8. The lowest BCUT2D eigenvalue weighted by molar-refractivity contribution is 0.142. The maximum Gasteiger partial charge on any atom is 0.407 e. The van der Waals surface area contributed by atoms with E-state index in [9.17, 15) is 4.79 Å². The van der Waals surface area contributed by atoms with Crippen molar-refractivity contribution >= 4 is 6.09 Å². The van der Waals surface area contributed by atoms with E-state index in [1.807, 2.05) is 24.3 Å². The van der Waals surface area contributed by atoms with Crippen LogP contribution in [0.2, 0.25) is 0 Å². The van der Waals surface area contributed by atoms with E-state index in [-0.39, 0.29) is 6.61 Å². The Kier molecular flexibility index (Phi) is 3.75. The maximum atomic E-state index is 10.9. The van der Waals surface area contributed by atoms with Crippen LogP contribution in [0.1, 0.15) is 5.56 Å². The number of nitrogens with zero attached hydrogens (tertiary/aromatic N) is 4. The molecule has 0 unspecified atom stereocenters. The average Bonchev–Trinajstić information content (AvgIpc) is 2.46. The van der Waals surface area contributed by atoms with Crippen molar-refractivity contribution < 1.29 is 9.53 Å². The minimum absolute atomic E-state index is 0.214. The molecule has 1 heterocycles. The summed E-state index contributed by atoms with van der Waals surface area (Å²) < 4.78 is 4.92. The summed E-state index contributed by atoms with van der Waals surface area (Å²) in [5.41, 5.74) is 1.68. The molecule has 1 aromatic heterocycles. The second kappa shape index (κ2) is 5.67. The zero-order valence-electron chi connectivity index (χ0n) is 9.70. The third-order valence-electron chi connectivity index (χ3n) is 2.19. The molecule has 18 heavy (non-hydrogen) atoms.